The number of guanidine groups is 1. The minimum absolute atomic E-state index is 0.617. The number of hydrogen-bond donors (Lipinski definition) is 2. The quantitative estimate of drug-likeness (QED) is 0.571. The summed E-state index contributed by atoms with van der Waals surface area (Å²) in [6.45, 7) is 8.60. The molecule has 1 aromatic rings. The first kappa shape index (κ1) is 17.3. The normalized spacial score (nSPS) is 11.6. The van der Waals surface area contributed by atoms with Gasteiger partial charge in [0.15, 0.2) is 5.96 Å². The van der Waals surface area contributed by atoms with Gasteiger partial charge in [-0.3, -0.25) is 4.99 Å². The predicted octanol–water partition coefficient (Wildman–Crippen LogP) is 2.58. The monoisotopic (exact) mass is 292 g/mol. The summed E-state index contributed by atoms with van der Waals surface area (Å²) in [4.78, 5) is 8.50. The second-order valence-corrected chi connectivity index (χ2v) is 4.89. The SMILES string of the molecule is CCOc1ncccc1CNC(=NC)NCC(CC)CC. The van der Waals surface area contributed by atoms with Gasteiger partial charge in [0.2, 0.25) is 5.88 Å². The molecule has 0 atom stereocenters. The van der Waals surface area contributed by atoms with E-state index in [9.17, 15) is 0 Å². The van der Waals surface area contributed by atoms with Crippen LogP contribution in [0, 0.1) is 5.92 Å². The van der Waals surface area contributed by atoms with Crippen molar-refractivity contribution in [1.29, 1.82) is 0 Å². The molecule has 0 unspecified atom stereocenters. The van der Waals surface area contributed by atoms with Crippen LogP contribution in [0.5, 0.6) is 5.88 Å². The molecule has 0 bridgehead atoms. The number of hydrogen-bond acceptors (Lipinski definition) is 3. The highest BCUT2D eigenvalue weighted by Crippen LogP contribution is 2.13. The highest BCUT2D eigenvalue weighted by atomic mass is 16.5. The molecule has 0 radical (unpaired) electrons. The molecule has 0 spiro atoms. The lowest BCUT2D eigenvalue weighted by atomic mass is 10.0. The minimum atomic E-state index is 0.617. The van der Waals surface area contributed by atoms with Crippen LogP contribution in [0.1, 0.15) is 39.2 Å². The van der Waals surface area contributed by atoms with E-state index in [1.165, 1.54) is 12.8 Å². The average molecular weight is 292 g/mol. The maximum Gasteiger partial charge on any atom is 0.218 e. The Balaban J connectivity index is 2.52. The molecule has 21 heavy (non-hydrogen) atoms. The lowest BCUT2D eigenvalue weighted by Crippen LogP contribution is -2.39. The molecule has 2 N–H and O–H groups in total. The van der Waals surface area contributed by atoms with Gasteiger partial charge in [-0.15, -0.1) is 0 Å². The fraction of sp³-hybridized carbons (Fsp3) is 0.625. The van der Waals surface area contributed by atoms with E-state index in [4.69, 9.17) is 4.74 Å². The smallest absolute Gasteiger partial charge is 0.218 e. The maximum absolute atomic E-state index is 5.52. The molecule has 5 nitrogen and oxygen atoms in total. The zero-order valence-corrected chi connectivity index (χ0v) is 13.6. The van der Waals surface area contributed by atoms with E-state index in [0.717, 1.165) is 18.1 Å². The Morgan fingerprint density at radius 2 is 2.05 bits per heavy atom. The van der Waals surface area contributed by atoms with E-state index in [-0.39, 0.29) is 0 Å². The van der Waals surface area contributed by atoms with Crippen LogP contribution in [0.25, 0.3) is 0 Å². The van der Waals surface area contributed by atoms with Gasteiger partial charge < -0.3 is 15.4 Å². The standard InChI is InChI=1S/C16H28N4O/c1-5-13(6-2)11-19-16(17-4)20-12-14-9-8-10-18-15(14)21-7-3/h8-10,13H,5-7,11-12H2,1-4H3,(H2,17,19,20). The zero-order valence-electron chi connectivity index (χ0n) is 13.6. The second kappa shape index (κ2) is 10.0. The zero-order chi connectivity index (χ0) is 15.5. The van der Waals surface area contributed by atoms with E-state index < -0.39 is 0 Å². The van der Waals surface area contributed by atoms with Crippen molar-refractivity contribution in [3.05, 3.63) is 23.9 Å². The number of nitrogens with zero attached hydrogens (tertiary/aromatic N) is 2. The van der Waals surface area contributed by atoms with Crippen LogP contribution >= 0.6 is 0 Å². The summed E-state index contributed by atoms with van der Waals surface area (Å²) < 4.78 is 5.52. The molecule has 0 aromatic carbocycles. The van der Waals surface area contributed by atoms with Gasteiger partial charge in [0, 0.05) is 31.9 Å². The van der Waals surface area contributed by atoms with E-state index in [2.05, 4.69) is 34.5 Å². The van der Waals surface area contributed by atoms with Gasteiger partial charge >= 0.3 is 0 Å². The molecular formula is C16H28N4O. The summed E-state index contributed by atoms with van der Waals surface area (Å²) in [5.41, 5.74) is 1.03. The van der Waals surface area contributed by atoms with Gasteiger partial charge in [-0.1, -0.05) is 32.8 Å². The first-order valence-corrected chi connectivity index (χ1v) is 7.76. The third-order valence-electron chi connectivity index (χ3n) is 3.51. The molecule has 5 heteroatoms. The highest BCUT2D eigenvalue weighted by molar-refractivity contribution is 5.79. The Hall–Kier alpha value is -1.78. The Morgan fingerprint density at radius 1 is 1.29 bits per heavy atom. The summed E-state index contributed by atoms with van der Waals surface area (Å²) >= 11 is 0. The molecule has 118 valence electrons. The summed E-state index contributed by atoms with van der Waals surface area (Å²) in [5.74, 6) is 2.18. The fourth-order valence-electron chi connectivity index (χ4n) is 2.04. The van der Waals surface area contributed by atoms with Crippen molar-refractivity contribution >= 4 is 5.96 Å². The van der Waals surface area contributed by atoms with Gasteiger partial charge in [-0.05, 0) is 18.9 Å². The minimum Gasteiger partial charge on any atom is -0.478 e. The number of pyridine rings is 1. The number of nitrogens with one attached hydrogen (secondary N) is 2. The van der Waals surface area contributed by atoms with Crippen molar-refractivity contribution < 1.29 is 4.74 Å². The number of aliphatic imine (C=N–C) groups is 1. The van der Waals surface area contributed by atoms with Crippen molar-refractivity contribution in [2.24, 2.45) is 10.9 Å². The molecule has 0 fully saturated rings. The summed E-state index contributed by atoms with van der Waals surface area (Å²) in [5, 5.41) is 6.68. The van der Waals surface area contributed by atoms with Crippen molar-refractivity contribution in [3.63, 3.8) is 0 Å². The average Bonchev–Trinajstić information content (AvgIpc) is 2.52. The highest BCUT2D eigenvalue weighted by Gasteiger charge is 2.07. The van der Waals surface area contributed by atoms with Crippen molar-refractivity contribution in [2.75, 3.05) is 20.2 Å². The Bertz CT molecular complexity index is 430. The molecule has 1 heterocycles. The molecule has 0 saturated heterocycles. The Morgan fingerprint density at radius 3 is 2.67 bits per heavy atom. The second-order valence-electron chi connectivity index (χ2n) is 4.89. The molecule has 0 aliphatic heterocycles. The molecular weight excluding hydrogens is 264 g/mol. The summed E-state index contributed by atoms with van der Waals surface area (Å²) in [6.07, 6.45) is 4.10. The van der Waals surface area contributed by atoms with Gasteiger partial charge in [0.05, 0.1) is 6.61 Å². The lowest BCUT2D eigenvalue weighted by Gasteiger charge is -2.17. The topological polar surface area (TPSA) is 58.5 Å². The summed E-state index contributed by atoms with van der Waals surface area (Å²) in [7, 11) is 1.79. The largest absolute Gasteiger partial charge is 0.478 e. The van der Waals surface area contributed by atoms with Crippen LogP contribution < -0.4 is 15.4 Å². The van der Waals surface area contributed by atoms with Crippen LogP contribution in [0.15, 0.2) is 23.3 Å². The van der Waals surface area contributed by atoms with E-state index in [1.807, 2.05) is 19.1 Å². The van der Waals surface area contributed by atoms with Crippen molar-refractivity contribution in [1.82, 2.24) is 15.6 Å². The van der Waals surface area contributed by atoms with E-state index in [0.29, 0.717) is 24.9 Å². The molecule has 0 aliphatic carbocycles. The van der Waals surface area contributed by atoms with E-state index >= 15 is 0 Å². The Labute approximate surface area is 128 Å². The van der Waals surface area contributed by atoms with E-state index in [1.54, 1.807) is 13.2 Å². The van der Waals surface area contributed by atoms with Gasteiger partial charge in [0.25, 0.3) is 0 Å². The third-order valence-corrected chi connectivity index (χ3v) is 3.51. The number of aromatic nitrogens is 1. The number of rotatable bonds is 8. The first-order valence-electron chi connectivity index (χ1n) is 7.76. The molecule has 1 rings (SSSR count). The van der Waals surface area contributed by atoms with Gasteiger partial charge in [0.1, 0.15) is 0 Å². The van der Waals surface area contributed by atoms with Crippen molar-refractivity contribution in [2.45, 2.75) is 40.2 Å². The van der Waals surface area contributed by atoms with Gasteiger partial charge in [-0.25, -0.2) is 4.98 Å². The molecule has 0 aliphatic rings. The molecule has 0 saturated carbocycles. The molecule has 0 amide bonds. The van der Waals surface area contributed by atoms with Gasteiger partial charge in [-0.2, -0.15) is 0 Å². The third kappa shape index (κ3) is 6.02. The maximum atomic E-state index is 5.52. The molecule has 1 aromatic heterocycles. The van der Waals surface area contributed by atoms with Crippen LogP contribution in [0.3, 0.4) is 0 Å². The predicted molar refractivity (Wildman–Crippen MR) is 87.7 cm³/mol. The van der Waals surface area contributed by atoms with Crippen LogP contribution in [0.4, 0.5) is 0 Å². The number of ether oxygens (including phenoxy) is 1. The fourth-order valence-corrected chi connectivity index (χ4v) is 2.04. The van der Waals surface area contributed by atoms with Crippen LogP contribution in [-0.4, -0.2) is 31.1 Å². The lowest BCUT2D eigenvalue weighted by molar-refractivity contribution is 0.322. The van der Waals surface area contributed by atoms with Crippen molar-refractivity contribution in [3.8, 4) is 5.88 Å². The van der Waals surface area contributed by atoms with Crippen LogP contribution in [0.2, 0.25) is 0 Å². The first-order chi connectivity index (χ1) is 10.2. The summed E-state index contributed by atoms with van der Waals surface area (Å²) in [6, 6.07) is 3.93. The Kier molecular flexibility index (Phi) is 8.24. The van der Waals surface area contributed by atoms with Crippen LogP contribution in [-0.2, 0) is 6.54 Å².